The molecule has 1 atom stereocenters. The Hall–Kier alpha value is -1.85. The Balaban J connectivity index is 3.37. The topological polar surface area (TPSA) is 92.2 Å². The lowest BCUT2D eigenvalue weighted by molar-refractivity contribution is -0.141. The zero-order chi connectivity index (χ0) is 11.6. The van der Waals surface area contributed by atoms with Gasteiger partial charge in [-0.05, 0) is 13.3 Å². The third-order valence-corrected chi connectivity index (χ3v) is 2.15. The molecule has 6 heteroatoms. The van der Waals surface area contributed by atoms with Crippen molar-refractivity contribution in [2.75, 3.05) is 0 Å². The maximum atomic E-state index is 11.3. The molecule has 0 aliphatic rings. The summed E-state index contributed by atoms with van der Waals surface area (Å²) in [4.78, 5) is 35.3. The highest BCUT2D eigenvalue weighted by Crippen LogP contribution is 2.07. The van der Waals surface area contributed by atoms with Crippen LogP contribution in [0, 0.1) is 6.92 Å². The maximum Gasteiger partial charge on any atom is 0.329 e. The SMILES string of the molecule is CCC(C(=O)O)n1cc(C)c(=O)[nH]c1=O. The van der Waals surface area contributed by atoms with Gasteiger partial charge in [0.15, 0.2) is 0 Å². The lowest BCUT2D eigenvalue weighted by Gasteiger charge is -2.12. The summed E-state index contributed by atoms with van der Waals surface area (Å²) in [5.41, 5.74) is -0.870. The van der Waals surface area contributed by atoms with E-state index in [9.17, 15) is 14.4 Å². The van der Waals surface area contributed by atoms with Crippen LogP contribution in [0.3, 0.4) is 0 Å². The molecule has 0 spiro atoms. The summed E-state index contributed by atoms with van der Waals surface area (Å²) < 4.78 is 1.03. The molecule has 0 aliphatic carbocycles. The molecular weight excluding hydrogens is 200 g/mol. The standard InChI is InChI=1S/C9H12N2O4/c1-3-6(8(13)14)11-4-5(2)7(12)10-9(11)15/h4,6H,3H2,1-2H3,(H,13,14)(H,10,12,15). The molecule has 1 aromatic rings. The fourth-order valence-electron chi connectivity index (χ4n) is 1.31. The van der Waals surface area contributed by atoms with Crippen molar-refractivity contribution in [3.05, 3.63) is 32.6 Å². The Labute approximate surface area is 85.2 Å². The molecule has 0 aliphatic heterocycles. The first kappa shape index (κ1) is 11.2. The predicted octanol–water partition coefficient (Wildman–Crippen LogP) is -0.119. The van der Waals surface area contributed by atoms with Gasteiger partial charge in [-0.3, -0.25) is 14.3 Å². The number of H-pyrrole nitrogens is 1. The van der Waals surface area contributed by atoms with Crippen molar-refractivity contribution in [3.63, 3.8) is 0 Å². The molecule has 82 valence electrons. The number of carboxylic acid groups (broad SMARTS) is 1. The summed E-state index contributed by atoms with van der Waals surface area (Å²) in [6.07, 6.45) is 1.55. The van der Waals surface area contributed by atoms with E-state index in [0.29, 0.717) is 5.56 Å². The fourth-order valence-corrected chi connectivity index (χ4v) is 1.31. The van der Waals surface area contributed by atoms with Gasteiger partial charge in [0.25, 0.3) is 5.56 Å². The monoisotopic (exact) mass is 212 g/mol. The average Bonchev–Trinajstić information content (AvgIpc) is 2.14. The Morgan fingerprint density at radius 1 is 1.60 bits per heavy atom. The first-order chi connectivity index (χ1) is 6.97. The largest absolute Gasteiger partial charge is 0.480 e. The zero-order valence-electron chi connectivity index (χ0n) is 8.48. The van der Waals surface area contributed by atoms with E-state index in [-0.39, 0.29) is 6.42 Å². The fraction of sp³-hybridized carbons (Fsp3) is 0.444. The van der Waals surface area contributed by atoms with Gasteiger partial charge < -0.3 is 5.11 Å². The van der Waals surface area contributed by atoms with Crippen LogP contribution in [0.1, 0.15) is 24.9 Å². The van der Waals surface area contributed by atoms with Crippen LogP contribution < -0.4 is 11.2 Å². The van der Waals surface area contributed by atoms with Gasteiger partial charge in [-0.25, -0.2) is 9.59 Å². The Morgan fingerprint density at radius 3 is 2.67 bits per heavy atom. The molecule has 1 unspecified atom stereocenters. The van der Waals surface area contributed by atoms with Crippen molar-refractivity contribution in [2.24, 2.45) is 0 Å². The van der Waals surface area contributed by atoms with E-state index in [1.54, 1.807) is 6.92 Å². The molecule has 0 bridgehead atoms. The number of rotatable bonds is 3. The van der Waals surface area contributed by atoms with Gasteiger partial charge in [-0.2, -0.15) is 0 Å². The van der Waals surface area contributed by atoms with Crippen LogP contribution in [0.25, 0.3) is 0 Å². The third-order valence-electron chi connectivity index (χ3n) is 2.15. The minimum atomic E-state index is -1.09. The van der Waals surface area contributed by atoms with Crippen molar-refractivity contribution < 1.29 is 9.90 Å². The molecule has 0 radical (unpaired) electrons. The third kappa shape index (κ3) is 2.15. The summed E-state index contributed by atoms with van der Waals surface area (Å²) in [6, 6.07) is -0.937. The molecular formula is C9H12N2O4. The normalized spacial score (nSPS) is 12.4. The van der Waals surface area contributed by atoms with E-state index in [1.165, 1.54) is 13.1 Å². The second kappa shape index (κ2) is 4.12. The van der Waals surface area contributed by atoms with Crippen molar-refractivity contribution in [1.82, 2.24) is 9.55 Å². The highest BCUT2D eigenvalue weighted by Gasteiger charge is 2.18. The number of hydrogen-bond donors (Lipinski definition) is 2. The number of hydrogen-bond acceptors (Lipinski definition) is 3. The smallest absolute Gasteiger partial charge is 0.329 e. The van der Waals surface area contributed by atoms with Crippen LogP contribution in [0.15, 0.2) is 15.8 Å². The van der Waals surface area contributed by atoms with Gasteiger partial charge in [0.05, 0.1) is 0 Å². The summed E-state index contributed by atoms with van der Waals surface area (Å²) in [7, 11) is 0. The molecule has 2 N–H and O–H groups in total. The first-order valence-electron chi connectivity index (χ1n) is 4.52. The quantitative estimate of drug-likeness (QED) is 0.730. The molecule has 1 aromatic heterocycles. The number of aromatic nitrogens is 2. The van der Waals surface area contributed by atoms with E-state index < -0.39 is 23.3 Å². The summed E-state index contributed by atoms with van der Waals surface area (Å²) in [5, 5.41) is 8.86. The van der Waals surface area contributed by atoms with Gasteiger partial charge in [0.2, 0.25) is 0 Å². The Bertz CT molecular complexity index is 486. The lowest BCUT2D eigenvalue weighted by Crippen LogP contribution is -2.35. The van der Waals surface area contributed by atoms with Crippen LogP contribution in [0.4, 0.5) is 0 Å². The highest BCUT2D eigenvalue weighted by molar-refractivity contribution is 5.71. The Morgan fingerprint density at radius 2 is 2.20 bits per heavy atom. The van der Waals surface area contributed by atoms with E-state index in [2.05, 4.69) is 4.98 Å². The number of aryl methyl sites for hydroxylation is 1. The van der Waals surface area contributed by atoms with Crippen LogP contribution in [0.2, 0.25) is 0 Å². The maximum absolute atomic E-state index is 11.3. The van der Waals surface area contributed by atoms with Crippen molar-refractivity contribution in [3.8, 4) is 0 Å². The van der Waals surface area contributed by atoms with Crippen molar-refractivity contribution in [1.29, 1.82) is 0 Å². The number of carboxylic acids is 1. The molecule has 0 saturated heterocycles. The Kier molecular flexibility index (Phi) is 3.08. The van der Waals surface area contributed by atoms with Gasteiger partial charge in [-0.1, -0.05) is 6.92 Å². The summed E-state index contributed by atoms with van der Waals surface area (Å²) in [6.45, 7) is 3.18. The number of aromatic amines is 1. The predicted molar refractivity (Wildman–Crippen MR) is 53.0 cm³/mol. The average molecular weight is 212 g/mol. The van der Waals surface area contributed by atoms with E-state index in [1.807, 2.05) is 0 Å². The van der Waals surface area contributed by atoms with Crippen molar-refractivity contribution in [2.45, 2.75) is 26.3 Å². The second-order valence-corrected chi connectivity index (χ2v) is 3.24. The molecule has 6 nitrogen and oxygen atoms in total. The van der Waals surface area contributed by atoms with E-state index in [0.717, 1.165) is 4.57 Å². The second-order valence-electron chi connectivity index (χ2n) is 3.24. The molecule has 1 rings (SSSR count). The van der Waals surface area contributed by atoms with Gasteiger partial charge in [0, 0.05) is 11.8 Å². The number of aliphatic carboxylic acids is 1. The van der Waals surface area contributed by atoms with Gasteiger partial charge >= 0.3 is 11.7 Å². The number of nitrogens with one attached hydrogen (secondary N) is 1. The minimum Gasteiger partial charge on any atom is -0.480 e. The molecule has 0 fully saturated rings. The lowest BCUT2D eigenvalue weighted by atomic mass is 10.2. The van der Waals surface area contributed by atoms with Crippen LogP contribution in [-0.2, 0) is 4.79 Å². The number of nitrogens with zero attached hydrogens (tertiary/aromatic N) is 1. The minimum absolute atomic E-state index is 0.278. The summed E-state index contributed by atoms with van der Waals surface area (Å²) >= 11 is 0. The highest BCUT2D eigenvalue weighted by atomic mass is 16.4. The first-order valence-corrected chi connectivity index (χ1v) is 4.52. The molecule has 0 amide bonds. The summed E-state index contributed by atoms with van der Waals surface area (Å²) in [5.74, 6) is -1.09. The van der Waals surface area contributed by atoms with Crippen LogP contribution in [-0.4, -0.2) is 20.6 Å². The molecule has 0 aromatic carbocycles. The molecule has 1 heterocycles. The van der Waals surface area contributed by atoms with Crippen molar-refractivity contribution >= 4 is 5.97 Å². The molecule has 0 saturated carbocycles. The number of carbonyl (C=O) groups is 1. The van der Waals surface area contributed by atoms with Crippen LogP contribution in [0.5, 0.6) is 0 Å². The molecule has 15 heavy (non-hydrogen) atoms. The van der Waals surface area contributed by atoms with Gasteiger partial charge in [-0.15, -0.1) is 0 Å². The van der Waals surface area contributed by atoms with Crippen LogP contribution >= 0.6 is 0 Å². The zero-order valence-corrected chi connectivity index (χ0v) is 8.48. The van der Waals surface area contributed by atoms with E-state index in [4.69, 9.17) is 5.11 Å². The van der Waals surface area contributed by atoms with Gasteiger partial charge in [0.1, 0.15) is 6.04 Å². The van der Waals surface area contributed by atoms with E-state index >= 15 is 0 Å².